The molecule has 0 aliphatic heterocycles. The molecular weight excluding hydrogens is 324 g/mol. The molecule has 2 aromatic rings. The number of hydrogen-bond donors (Lipinski definition) is 2. The number of halogens is 1. The SMILES string of the molecule is Cc1ccc(NC(=O)c2ccc(NS(C)(=O)=O)cc2)cc1Cl. The third-order valence-electron chi connectivity index (χ3n) is 2.88. The molecule has 2 N–H and O–H groups in total. The number of aryl methyl sites for hydroxylation is 1. The number of carbonyl (C=O) groups is 1. The summed E-state index contributed by atoms with van der Waals surface area (Å²) in [5.74, 6) is -0.300. The highest BCUT2D eigenvalue weighted by Gasteiger charge is 2.08. The Hall–Kier alpha value is -2.05. The summed E-state index contributed by atoms with van der Waals surface area (Å²) in [6.07, 6.45) is 1.06. The number of hydrogen-bond acceptors (Lipinski definition) is 3. The maximum atomic E-state index is 12.1. The summed E-state index contributed by atoms with van der Waals surface area (Å²) in [5.41, 5.74) is 2.34. The van der Waals surface area contributed by atoms with Gasteiger partial charge in [0.15, 0.2) is 0 Å². The molecule has 0 bridgehead atoms. The van der Waals surface area contributed by atoms with Gasteiger partial charge >= 0.3 is 0 Å². The third kappa shape index (κ3) is 4.47. The zero-order valence-electron chi connectivity index (χ0n) is 12.1. The fourth-order valence-electron chi connectivity index (χ4n) is 1.78. The predicted molar refractivity (Wildman–Crippen MR) is 89.1 cm³/mol. The van der Waals surface area contributed by atoms with Gasteiger partial charge in [-0.05, 0) is 48.9 Å². The Labute approximate surface area is 134 Å². The lowest BCUT2D eigenvalue weighted by atomic mass is 10.2. The van der Waals surface area contributed by atoms with E-state index >= 15 is 0 Å². The van der Waals surface area contributed by atoms with E-state index in [1.165, 1.54) is 12.1 Å². The average Bonchev–Trinajstić information content (AvgIpc) is 2.42. The first-order valence-corrected chi connectivity index (χ1v) is 8.67. The van der Waals surface area contributed by atoms with Gasteiger partial charge in [-0.1, -0.05) is 17.7 Å². The van der Waals surface area contributed by atoms with Gasteiger partial charge in [-0.25, -0.2) is 8.42 Å². The number of carbonyl (C=O) groups excluding carboxylic acids is 1. The molecule has 0 fully saturated rings. The maximum Gasteiger partial charge on any atom is 0.255 e. The van der Waals surface area contributed by atoms with Crippen molar-refractivity contribution in [3.63, 3.8) is 0 Å². The standard InChI is InChI=1S/C15H15ClN2O3S/c1-10-3-6-13(9-14(10)16)17-15(19)11-4-7-12(8-5-11)18-22(2,20)21/h3-9,18H,1-2H3,(H,17,19). The maximum absolute atomic E-state index is 12.1. The van der Waals surface area contributed by atoms with E-state index in [4.69, 9.17) is 11.6 Å². The molecule has 116 valence electrons. The average molecular weight is 339 g/mol. The van der Waals surface area contributed by atoms with Crippen molar-refractivity contribution in [3.8, 4) is 0 Å². The van der Waals surface area contributed by atoms with Crippen molar-refractivity contribution >= 4 is 38.9 Å². The van der Waals surface area contributed by atoms with Crippen molar-refractivity contribution in [1.82, 2.24) is 0 Å². The first-order valence-electron chi connectivity index (χ1n) is 6.40. The first kappa shape index (κ1) is 16.3. The summed E-state index contributed by atoms with van der Waals surface area (Å²) < 4.78 is 24.6. The van der Waals surface area contributed by atoms with Crippen molar-refractivity contribution < 1.29 is 13.2 Å². The van der Waals surface area contributed by atoms with Gasteiger partial charge < -0.3 is 5.32 Å². The van der Waals surface area contributed by atoms with E-state index in [9.17, 15) is 13.2 Å². The van der Waals surface area contributed by atoms with Crippen LogP contribution in [-0.2, 0) is 10.0 Å². The second-order valence-electron chi connectivity index (χ2n) is 4.87. The van der Waals surface area contributed by atoms with E-state index in [1.54, 1.807) is 24.3 Å². The molecule has 0 atom stereocenters. The number of nitrogens with one attached hydrogen (secondary N) is 2. The fraction of sp³-hybridized carbons (Fsp3) is 0.133. The molecule has 0 unspecified atom stereocenters. The topological polar surface area (TPSA) is 75.3 Å². The summed E-state index contributed by atoms with van der Waals surface area (Å²) in [7, 11) is -3.33. The van der Waals surface area contributed by atoms with Crippen LogP contribution in [0, 0.1) is 6.92 Å². The van der Waals surface area contributed by atoms with Gasteiger partial charge in [0.1, 0.15) is 0 Å². The Balaban J connectivity index is 2.11. The molecule has 2 rings (SSSR count). The molecule has 22 heavy (non-hydrogen) atoms. The van der Waals surface area contributed by atoms with Crippen molar-refractivity contribution in [3.05, 3.63) is 58.6 Å². The second kappa shape index (κ2) is 6.37. The molecule has 7 heteroatoms. The zero-order valence-corrected chi connectivity index (χ0v) is 13.6. The van der Waals surface area contributed by atoms with Gasteiger partial charge in [0.2, 0.25) is 10.0 Å². The van der Waals surface area contributed by atoms with Crippen LogP contribution < -0.4 is 10.0 Å². The van der Waals surface area contributed by atoms with Crippen LogP contribution in [0.3, 0.4) is 0 Å². The third-order valence-corrected chi connectivity index (χ3v) is 3.89. The Bertz CT molecular complexity index is 802. The van der Waals surface area contributed by atoms with Gasteiger partial charge in [-0.15, -0.1) is 0 Å². The number of amides is 1. The van der Waals surface area contributed by atoms with Gasteiger partial charge in [0.25, 0.3) is 5.91 Å². The quantitative estimate of drug-likeness (QED) is 0.898. The van der Waals surface area contributed by atoms with E-state index in [0.717, 1.165) is 11.8 Å². The Morgan fingerprint density at radius 1 is 1.05 bits per heavy atom. The highest BCUT2D eigenvalue weighted by Crippen LogP contribution is 2.20. The normalized spacial score (nSPS) is 11.0. The molecule has 0 spiro atoms. The minimum absolute atomic E-state index is 0.300. The van der Waals surface area contributed by atoms with E-state index in [1.807, 2.05) is 13.0 Å². The smallest absolute Gasteiger partial charge is 0.255 e. The molecule has 5 nitrogen and oxygen atoms in total. The molecule has 1 amide bonds. The van der Waals surface area contributed by atoms with E-state index in [0.29, 0.717) is 22.0 Å². The van der Waals surface area contributed by atoms with Crippen LogP contribution in [0.2, 0.25) is 5.02 Å². The molecule has 0 radical (unpaired) electrons. The summed E-state index contributed by atoms with van der Waals surface area (Å²) in [6, 6.07) is 11.4. The van der Waals surface area contributed by atoms with Crippen molar-refractivity contribution in [2.24, 2.45) is 0 Å². The highest BCUT2D eigenvalue weighted by molar-refractivity contribution is 7.92. The molecule has 0 aromatic heterocycles. The van der Waals surface area contributed by atoms with Crippen LogP contribution >= 0.6 is 11.6 Å². The number of sulfonamides is 1. The van der Waals surface area contributed by atoms with Gasteiger partial charge in [0.05, 0.1) is 6.26 Å². The lowest BCUT2D eigenvalue weighted by Gasteiger charge is -2.08. The summed E-state index contributed by atoms with van der Waals surface area (Å²) in [5, 5.41) is 3.31. The monoisotopic (exact) mass is 338 g/mol. The zero-order chi connectivity index (χ0) is 16.3. The Kier molecular flexibility index (Phi) is 4.73. The van der Waals surface area contributed by atoms with Crippen molar-refractivity contribution in [1.29, 1.82) is 0 Å². The number of rotatable bonds is 4. The molecule has 0 saturated carbocycles. The van der Waals surface area contributed by atoms with E-state index in [-0.39, 0.29) is 5.91 Å². The minimum Gasteiger partial charge on any atom is -0.322 e. The van der Waals surface area contributed by atoms with Crippen LogP contribution in [-0.4, -0.2) is 20.6 Å². The van der Waals surface area contributed by atoms with Gasteiger partial charge in [-0.3, -0.25) is 9.52 Å². The highest BCUT2D eigenvalue weighted by atomic mass is 35.5. The summed E-state index contributed by atoms with van der Waals surface area (Å²) >= 11 is 6.01. The van der Waals surface area contributed by atoms with Crippen LogP contribution in [0.15, 0.2) is 42.5 Å². The van der Waals surface area contributed by atoms with Crippen molar-refractivity contribution in [2.75, 3.05) is 16.3 Å². The first-order chi connectivity index (χ1) is 10.2. The van der Waals surface area contributed by atoms with Crippen LogP contribution in [0.1, 0.15) is 15.9 Å². The molecular formula is C15H15ClN2O3S. The predicted octanol–water partition coefficient (Wildman–Crippen LogP) is 3.27. The Morgan fingerprint density at radius 3 is 2.18 bits per heavy atom. The van der Waals surface area contributed by atoms with Gasteiger partial charge in [0, 0.05) is 22.0 Å². The van der Waals surface area contributed by atoms with Crippen molar-refractivity contribution in [2.45, 2.75) is 6.92 Å². The molecule has 0 heterocycles. The van der Waals surface area contributed by atoms with E-state index < -0.39 is 10.0 Å². The molecule has 0 aliphatic rings. The second-order valence-corrected chi connectivity index (χ2v) is 7.03. The minimum atomic E-state index is -3.33. The molecule has 0 aliphatic carbocycles. The largest absolute Gasteiger partial charge is 0.322 e. The van der Waals surface area contributed by atoms with Crippen LogP contribution in [0.4, 0.5) is 11.4 Å². The van der Waals surface area contributed by atoms with Crippen LogP contribution in [0.5, 0.6) is 0 Å². The van der Waals surface area contributed by atoms with Crippen LogP contribution in [0.25, 0.3) is 0 Å². The molecule has 0 saturated heterocycles. The van der Waals surface area contributed by atoms with Gasteiger partial charge in [-0.2, -0.15) is 0 Å². The molecule has 2 aromatic carbocycles. The number of benzene rings is 2. The number of anilines is 2. The lowest BCUT2D eigenvalue weighted by Crippen LogP contribution is -2.13. The Morgan fingerprint density at radius 2 is 1.64 bits per heavy atom. The van der Waals surface area contributed by atoms with E-state index in [2.05, 4.69) is 10.0 Å². The summed E-state index contributed by atoms with van der Waals surface area (Å²) in [6.45, 7) is 1.88. The summed E-state index contributed by atoms with van der Waals surface area (Å²) in [4.78, 5) is 12.1. The lowest BCUT2D eigenvalue weighted by molar-refractivity contribution is 0.102. The fourth-order valence-corrected chi connectivity index (χ4v) is 2.52.